The Labute approximate surface area is 94.3 Å². The number of carbonyl (C=O) groups excluding carboxylic acids is 1. The number of carbonyl (C=O) groups is 1. The Kier molecular flexibility index (Phi) is 2.83. The molecule has 2 rings (SSSR count). The van der Waals surface area contributed by atoms with E-state index >= 15 is 0 Å². The summed E-state index contributed by atoms with van der Waals surface area (Å²) in [5, 5.41) is 0. The normalized spacial score (nSPS) is 17.6. The van der Waals surface area contributed by atoms with Gasteiger partial charge in [0.25, 0.3) is 0 Å². The number of ether oxygens (including phenoxy) is 2. The van der Waals surface area contributed by atoms with Gasteiger partial charge in [-0.2, -0.15) is 0 Å². The second kappa shape index (κ2) is 4.14. The zero-order valence-electron chi connectivity index (χ0n) is 9.23. The lowest BCUT2D eigenvalue weighted by Gasteiger charge is -2.37. The minimum absolute atomic E-state index is 0.127. The van der Waals surface area contributed by atoms with Gasteiger partial charge in [0.1, 0.15) is 5.75 Å². The third-order valence-electron chi connectivity index (χ3n) is 2.63. The van der Waals surface area contributed by atoms with Gasteiger partial charge in [0.05, 0.1) is 19.8 Å². The van der Waals surface area contributed by atoms with Crippen molar-refractivity contribution in [1.29, 1.82) is 0 Å². The smallest absolute Gasteiger partial charge is 0.248 e. The van der Waals surface area contributed by atoms with E-state index in [0.717, 1.165) is 19.0 Å². The molecule has 1 aliphatic heterocycles. The van der Waals surface area contributed by atoms with Gasteiger partial charge in [0.2, 0.25) is 5.91 Å². The first-order valence-corrected chi connectivity index (χ1v) is 5.19. The molecule has 0 atom stereocenters. The first-order valence-electron chi connectivity index (χ1n) is 5.19. The largest absolute Gasteiger partial charge is 0.493 e. The molecule has 0 bridgehead atoms. The van der Waals surface area contributed by atoms with Crippen LogP contribution in [-0.4, -0.2) is 25.7 Å². The maximum atomic E-state index is 10.8. The van der Waals surface area contributed by atoms with Gasteiger partial charge in [-0.25, -0.2) is 0 Å². The highest BCUT2D eigenvalue weighted by Gasteiger charge is 2.34. The standard InChI is InChI=1S/C12H15NO3/c1-12(6-15-7-12)8-16-10-4-2-9(3-5-10)11(13)14/h2-5H,6-8H2,1H3,(H2,13,14). The van der Waals surface area contributed by atoms with Gasteiger partial charge in [-0.15, -0.1) is 0 Å². The molecule has 1 aromatic carbocycles. The summed E-state index contributed by atoms with van der Waals surface area (Å²) in [7, 11) is 0. The van der Waals surface area contributed by atoms with Crippen LogP contribution in [0.2, 0.25) is 0 Å². The first kappa shape index (κ1) is 11.0. The van der Waals surface area contributed by atoms with E-state index in [-0.39, 0.29) is 5.41 Å². The van der Waals surface area contributed by atoms with Crippen LogP contribution in [0.1, 0.15) is 17.3 Å². The van der Waals surface area contributed by atoms with Gasteiger partial charge >= 0.3 is 0 Å². The number of rotatable bonds is 4. The van der Waals surface area contributed by atoms with E-state index in [1.807, 2.05) is 0 Å². The number of primary amides is 1. The lowest BCUT2D eigenvalue weighted by Crippen LogP contribution is -2.44. The molecule has 0 aromatic heterocycles. The molecule has 1 aromatic rings. The summed E-state index contributed by atoms with van der Waals surface area (Å²) in [5.41, 5.74) is 5.76. The zero-order chi connectivity index (χ0) is 11.6. The monoisotopic (exact) mass is 221 g/mol. The molecular formula is C12H15NO3. The van der Waals surface area contributed by atoms with E-state index in [4.69, 9.17) is 15.2 Å². The summed E-state index contributed by atoms with van der Waals surface area (Å²) in [4.78, 5) is 10.8. The van der Waals surface area contributed by atoms with Crippen molar-refractivity contribution < 1.29 is 14.3 Å². The van der Waals surface area contributed by atoms with Crippen molar-refractivity contribution in [1.82, 2.24) is 0 Å². The lowest BCUT2D eigenvalue weighted by molar-refractivity contribution is -0.120. The van der Waals surface area contributed by atoms with Gasteiger partial charge in [0, 0.05) is 11.0 Å². The van der Waals surface area contributed by atoms with Crippen LogP contribution in [0.15, 0.2) is 24.3 Å². The number of hydrogen-bond donors (Lipinski definition) is 1. The van der Waals surface area contributed by atoms with Gasteiger partial charge in [-0.3, -0.25) is 4.79 Å². The Morgan fingerprint density at radius 3 is 2.50 bits per heavy atom. The maximum Gasteiger partial charge on any atom is 0.248 e. The molecule has 0 saturated carbocycles. The molecule has 16 heavy (non-hydrogen) atoms. The van der Waals surface area contributed by atoms with Gasteiger partial charge in [-0.1, -0.05) is 6.92 Å². The van der Waals surface area contributed by atoms with Gasteiger partial charge in [-0.05, 0) is 24.3 Å². The fourth-order valence-corrected chi connectivity index (χ4v) is 1.51. The summed E-state index contributed by atoms with van der Waals surface area (Å²) in [5.74, 6) is 0.323. The Hall–Kier alpha value is -1.55. The van der Waals surface area contributed by atoms with Gasteiger partial charge in [0.15, 0.2) is 0 Å². The number of benzene rings is 1. The molecule has 1 amide bonds. The topological polar surface area (TPSA) is 61.5 Å². The third-order valence-corrected chi connectivity index (χ3v) is 2.63. The van der Waals surface area contributed by atoms with E-state index in [0.29, 0.717) is 12.2 Å². The van der Waals surface area contributed by atoms with Crippen LogP contribution in [-0.2, 0) is 4.74 Å². The predicted octanol–water partition coefficient (Wildman–Crippen LogP) is 1.20. The fourth-order valence-electron chi connectivity index (χ4n) is 1.51. The van der Waals surface area contributed by atoms with Crippen LogP contribution in [0.5, 0.6) is 5.75 Å². The Morgan fingerprint density at radius 2 is 2.06 bits per heavy atom. The lowest BCUT2D eigenvalue weighted by atomic mass is 9.90. The van der Waals surface area contributed by atoms with Crippen molar-refractivity contribution in [2.24, 2.45) is 11.1 Å². The molecular weight excluding hydrogens is 206 g/mol. The predicted molar refractivity (Wildman–Crippen MR) is 59.4 cm³/mol. The molecule has 4 heteroatoms. The van der Waals surface area contributed by atoms with E-state index < -0.39 is 5.91 Å². The highest BCUT2D eigenvalue weighted by atomic mass is 16.5. The van der Waals surface area contributed by atoms with Gasteiger partial charge < -0.3 is 15.2 Å². The van der Waals surface area contributed by atoms with Crippen molar-refractivity contribution >= 4 is 5.91 Å². The molecule has 0 unspecified atom stereocenters. The quantitative estimate of drug-likeness (QED) is 0.831. The first-order chi connectivity index (χ1) is 7.59. The van der Waals surface area contributed by atoms with Crippen molar-refractivity contribution in [3.8, 4) is 5.75 Å². The molecule has 1 fully saturated rings. The summed E-state index contributed by atoms with van der Waals surface area (Å²) >= 11 is 0. The molecule has 1 saturated heterocycles. The second-order valence-electron chi connectivity index (χ2n) is 4.48. The Morgan fingerprint density at radius 1 is 1.44 bits per heavy atom. The molecule has 2 N–H and O–H groups in total. The molecule has 4 nitrogen and oxygen atoms in total. The van der Waals surface area contributed by atoms with Crippen molar-refractivity contribution in [2.75, 3.05) is 19.8 Å². The SMILES string of the molecule is CC1(COc2ccc(C(N)=O)cc2)COC1. The van der Waals surface area contributed by atoms with Crippen LogP contribution in [0.3, 0.4) is 0 Å². The third kappa shape index (κ3) is 2.33. The van der Waals surface area contributed by atoms with Crippen LogP contribution < -0.4 is 10.5 Å². The van der Waals surface area contributed by atoms with Crippen LogP contribution in [0, 0.1) is 5.41 Å². The highest BCUT2D eigenvalue weighted by molar-refractivity contribution is 5.92. The minimum Gasteiger partial charge on any atom is -0.493 e. The summed E-state index contributed by atoms with van der Waals surface area (Å²) in [6.07, 6.45) is 0. The summed E-state index contributed by atoms with van der Waals surface area (Å²) < 4.78 is 10.8. The zero-order valence-corrected chi connectivity index (χ0v) is 9.23. The minimum atomic E-state index is -0.425. The Bertz CT molecular complexity index is 382. The Balaban J connectivity index is 1.92. The fraction of sp³-hybridized carbons (Fsp3) is 0.417. The highest BCUT2D eigenvalue weighted by Crippen LogP contribution is 2.27. The van der Waals surface area contributed by atoms with Crippen LogP contribution in [0.4, 0.5) is 0 Å². The molecule has 0 spiro atoms. The van der Waals surface area contributed by atoms with Crippen molar-refractivity contribution in [3.63, 3.8) is 0 Å². The van der Waals surface area contributed by atoms with E-state index in [2.05, 4.69) is 6.92 Å². The molecule has 0 aliphatic carbocycles. The van der Waals surface area contributed by atoms with E-state index in [9.17, 15) is 4.79 Å². The number of hydrogen-bond acceptors (Lipinski definition) is 3. The van der Waals surface area contributed by atoms with E-state index in [1.54, 1.807) is 24.3 Å². The molecule has 1 heterocycles. The summed E-state index contributed by atoms with van der Waals surface area (Å²) in [6, 6.07) is 6.83. The second-order valence-corrected chi connectivity index (χ2v) is 4.48. The number of amides is 1. The van der Waals surface area contributed by atoms with Crippen molar-refractivity contribution in [3.05, 3.63) is 29.8 Å². The molecule has 86 valence electrons. The van der Waals surface area contributed by atoms with Crippen molar-refractivity contribution in [2.45, 2.75) is 6.92 Å². The number of nitrogens with two attached hydrogens (primary N) is 1. The van der Waals surface area contributed by atoms with Crippen LogP contribution in [0.25, 0.3) is 0 Å². The summed E-state index contributed by atoms with van der Waals surface area (Å²) in [6.45, 7) is 4.23. The maximum absolute atomic E-state index is 10.8. The molecule has 1 aliphatic rings. The molecule has 0 radical (unpaired) electrons. The van der Waals surface area contributed by atoms with E-state index in [1.165, 1.54) is 0 Å². The van der Waals surface area contributed by atoms with Crippen LogP contribution >= 0.6 is 0 Å². The average Bonchev–Trinajstić information content (AvgIpc) is 2.24. The average molecular weight is 221 g/mol.